The highest BCUT2D eigenvalue weighted by atomic mass is 19.3. The number of aryl methyl sites for hydroxylation is 2. The van der Waals surface area contributed by atoms with Gasteiger partial charge in [-0.15, -0.1) is 0 Å². The summed E-state index contributed by atoms with van der Waals surface area (Å²) in [4.78, 5) is 13.0. The minimum absolute atomic E-state index is 0.0785. The van der Waals surface area contributed by atoms with Crippen LogP contribution in [0.25, 0.3) is 0 Å². The minimum Gasteiger partial charge on any atom is -0.435 e. The number of alkyl halides is 2. The molecule has 2 amide bonds. The lowest BCUT2D eigenvalue weighted by Gasteiger charge is -2.16. The highest BCUT2D eigenvalue weighted by Crippen LogP contribution is 2.31. The second kappa shape index (κ2) is 9.02. The zero-order valence-corrected chi connectivity index (χ0v) is 17.9. The van der Waals surface area contributed by atoms with Gasteiger partial charge in [-0.3, -0.25) is 0 Å². The summed E-state index contributed by atoms with van der Waals surface area (Å²) in [6, 6.07) is 21.9. The molecule has 33 heavy (non-hydrogen) atoms. The third-order valence-electron chi connectivity index (χ3n) is 6.08. The number of hydrogen-bond donors (Lipinski definition) is 1. The first-order chi connectivity index (χ1) is 16.1. The summed E-state index contributed by atoms with van der Waals surface area (Å²) < 4.78 is 29.5. The number of nitrogens with zero attached hydrogens (tertiary/aromatic N) is 2. The number of anilines is 1. The van der Waals surface area contributed by atoms with Gasteiger partial charge < -0.3 is 10.1 Å². The lowest BCUT2D eigenvalue weighted by molar-refractivity contribution is -0.0498. The topological polar surface area (TPSA) is 53.9 Å². The van der Waals surface area contributed by atoms with E-state index >= 15 is 0 Å². The van der Waals surface area contributed by atoms with Gasteiger partial charge in [0.15, 0.2) is 0 Å². The van der Waals surface area contributed by atoms with E-state index in [9.17, 15) is 13.6 Å². The van der Waals surface area contributed by atoms with E-state index in [0.717, 1.165) is 36.1 Å². The largest absolute Gasteiger partial charge is 0.435 e. The molecule has 168 valence electrons. The fourth-order valence-electron chi connectivity index (χ4n) is 4.48. The number of fused-ring (bicyclic) bond motifs is 1. The molecule has 1 N–H and O–H groups in total. The lowest BCUT2D eigenvalue weighted by atomic mass is 9.90. The number of ether oxygens (including phenoxy) is 1. The van der Waals surface area contributed by atoms with Crippen LogP contribution in [0.15, 0.2) is 77.9 Å². The molecule has 5 rings (SSSR count). The molecule has 5 nitrogen and oxygen atoms in total. The van der Waals surface area contributed by atoms with Crippen molar-refractivity contribution in [2.45, 2.75) is 31.8 Å². The average molecular weight is 447 g/mol. The molecule has 0 fully saturated rings. The highest BCUT2D eigenvalue weighted by molar-refractivity contribution is 6.08. The van der Waals surface area contributed by atoms with E-state index in [0.29, 0.717) is 12.3 Å². The van der Waals surface area contributed by atoms with E-state index in [2.05, 4.69) is 21.2 Å². The predicted octanol–water partition coefficient (Wildman–Crippen LogP) is 5.81. The molecule has 0 saturated heterocycles. The number of nitrogens with one attached hydrogen (secondary N) is 1. The van der Waals surface area contributed by atoms with Gasteiger partial charge in [-0.1, -0.05) is 36.4 Å². The van der Waals surface area contributed by atoms with Crippen molar-refractivity contribution in [2.24, 2.45) is 5.10 Å². The summed E-state index contributed by atoms with van der Waals surface area (Å²) in [7, 11) is 0. The lowest BCUT2D eigenvalue weighted by Crippen LogP contribution is -2.30. The normalized spacial score (nSPS) is 17.1. The Morgan fingerprint density at radius 2 is 1.76 bits per heavy atom. The molecule has 1 heterocycles. The van der Waals surface area contributed by atoms with E-state index in [1.807, 2.05) is 42.5 Å². The first-order valence-corrected chi connectivity index (χ1v) is 11.0. The van der Waals surface area contributed by atoms with Crippen molar-refractivity contribution in [3.05, 3.63) is 95.1 Å². The van der Waals surface area contributed by atoms with Crippen LogP contribution in [0, 0.1) is 0 Å². The maximum absolute atomic E-state index is 13.0. The van der Waals surface area contributed by atoms with Gasteiger partial charge in [0.05, 0.1) is 12.3 Å². The van der Waals surface area contributed by atoms with Crippen LogP contribution in [-0.4, -0.2) is 29.9 Å². The Balaban J connectivity index is 1.40. The second-order valence-electron chi connectivity index (χ2n) is 8.20. The van der Waals surface area contributed by atoms with Crippen molar-refractivity contribution in [3.8, 4) is 5.75 Å². The van der Waals surface area contributed by atoms with E-state index in [1.165, 1.54) is 28.3 Å². The number of urea groups is 1. The molecule has 2 aliphatic rings. The van der Waals surface area contributed by atoms with Gasteiger partial charge in [0, 0.05) is 11.6 Å². The number of hydrogen-bond acceptors (Lipinski definition) is 3. The summed E-state index contributed by atoms with van der Waals surface area (Å²) in [5.41, 5.74) is 5.86. The number of carbonyl (C=O) groups is 1. The van der Waals surface area contributed by atoms with Crippen LogP contribution in [-0.2, 0) is 12.8 Å². The molecule has 1 unspecified atom stereocenters. The fourth-order valence-corrected chi connectivity index (χ4v) is 4.48. The Kier molecular flexibility index (Phi) is 5.77. The molecule has 0 bridgehead atoms. The van der Waals surface area contributed by atoms with Crippen LogP contribution < -0.4 is 10.1 Å². The van der Waals surface area contributed by atoms with Crippen LogP contribution in [0.2, 0.25) is 0 Å². The molecule has 0 aromatic heterocycles. The molecule has 1 aliphatic carbocycles. The predicted molar refractivity (Wildman–Crippen MR) is 123 cm³/mol. The number of carbonyl (C=O) groups excluding carboxylic acids is 1. The molecule has 1 aliphatic heterocycles. The molecule has 0 spiro atoms. The number of rotatable bonds is 5. The van der Waals surface area contributed by atoms with Gasteiger partial charge in [-0.2, -0.15) is 13.9 Å². The smallest absolute Gasteiger partial charge is 0.387 e. The van der Waals surface area contributed by atoms with Crippen molar-refractivity contribution in [3.63, 3.8) is 0 Å². The number of amides is 2. The van der Waals surface area contributed by atoms with Crippen LogP contribution in [0.1, 0.15) is 34.6 Å². The van der Waals surface area contributed by atoms with Gasteiger partial charge in [0.2, 0.25) is 0 Å². The minimum atomic E-state index is -2.88. The Labute approximate surface area is 190 Å². The van der Waals surface area contributed by atoms with Crippen LogP contribution >= 0.6 is 0 Å². The fraction of sp³-hybridized carbons (Fsp3) is 0.231. The van der Waals surface area contributed by atoms with Gasteiger partial charge in [-0.25, -0.2) is 9.80 Å². The Hall–Kier alpha value is -3.74. The Morgan fingerprint density at radius 1 is 1.00 bits per heavy atom. The zero-order chi connectivity index (χ0) is 22.8. The first kappa shape index (κ1) is 21.1. The van der Waals surface area contributed by atoms with Gasteiger partial charge in [-0.05, 0) is 77.9 Å². The number of benzene rings is 3. The summed E-state index contributed by atoms with van der Waals surface area (Å²) in [5.74, 6) is -0.0614. The molecule has 3 aromatic rings. The van der Waals surface area contributed by atoms with E-state index < -0.39 is 6.61 Å². The first-order valence-electron chi connectivity index (χ1n) is 11.0. The van der Waals surface area contributed by atoms with E-state index in [-0.39, 0.29) is 17.7 Å². The summed E-state index contributed by atoms with van der Waals surface area (Å²) in [5, 5.41) is 9.02. The maximum Gasteiger partial charge on any atom is 0.387 e. The van der Waals surface area contributed by atoms with Gasteiger partial charge in [0.25, 0.3) is 0 Å². The zero-order valence-electron chi connectivity index (χ0n) is 17.9. The quantitative estimate of drug-likeness (QED) is 0.536. The Morgan fingerprint density at radius 3 is 2.52 bits per heavy atom. The van der Waals surface area contributed by atoms with Gasteiger partial charge >= 0.3 is 12.6 Å². The molecular formula is C26H23F2N3O2. The summed E-state index contributed by atoms with van der Waals surface area (Å²) >= 11 is 0. The molecule has 7 heteroatoms. The van der Waals surface area contributed by atoms with Crippen molar-refractivity contribution in [1.29, 1.82) is 0 Å². The molecule has 1 atom stereocenters. The number of halogens is 2. The van der Waals surface area contributed by atoms with Gasteiger partial charge in [0.1, 0.15) is 5.75 Å². The van der Waals surface area contributed by atoms with Crippen molar-refractivity contribution in [2.75, 3.05) is 11.9 Å². The summed E-state index contributed by atoms with van der Waals surface area (Å²) in [6.07, 6.45) is 3.27. The van der Waals surface area contributed by atoms with E-state index in [4.69, 9.17) is 0 Å². The molecular weight excluding hydrogens is 424 g/mol. The van der Waals surface area contributed by atoms with Crippen LogP contribution in [0.5, 0.6) is 5.75 Å². The second-order valence-corrected chi connectivity index (χ2v) is 8.20. The summed E-state index contributed by atoms with van der Waals surface area (Å²) in [6.45, 7) is -2.50. The molecule has 0 saturated carbocycles. The van der Waals surface area contributed by atoms with Crippen molar-refractivity contribution in [1.82, 2.24) is 5.01 Å². The van der Waals surface area contributed by atoms with Crippen molar-refractivity contribution >= 4 is 17.4 Å². The highest BCUT2D eigenvalue weighted by Gasteiger charge is 2.32. The van der Waals surface area contributed by atoms with Crippen molar-refractivity contribution < 1.29 is 18.3 Å². The third-order valence-corrected chi connectivity index (χ3v) is 6.08. The average Bonchev–Trinajstić information content (AvgIpc) is 3.47. The third kappa shape index (κ3) is 4.58. The Bertz CT molecular complexity index is 1180. The maximum atomic E-state index is 13.0. The standard InChI is InChI=1S/C26H23F2N3O2/c27-25(28)33-22-13-10-19(11-14-22)24-23(18-5-2-1-3-6-18)16-31(30-24)26(32)29-21-12-9-17-7-4-8-20(17)15-21/h1-3,5-6,9-15,23,25H,4,7-8,16H2,(H,29,32). The molecule has 3 aromatic carbocycles. The SMILES string of the molecule is O=C(Nc1ccc2c(c1)CCC2)N1CC(c2ccccc2)C(c2ccc(OC(F)F)cc2)=N1. The molecule has 0 radical (unpaired) electrons. The monoisotopic (exact) mass is 447 g/mol. The van der Waals surface area contributed by atoms with Crippen LogP contribution in [0.4, 0.5) is 19.3 Å². The number of hydrazone groups is 1. The van der Waals surface area contributed by atoms with Crippen LogP contribution in [0.3, 0.4) is 0 Å². The van der Waals surface area contributed by atoms with E-state index in [1.54, 1.807) is 12.1 Å².